The molecule has 0 saturated carbocycles. The van der Waals surface area contributed by atoms with Gasteiger partial charge in [0.05, 0.1) is 5.69 Å². The number of fused-ring (bicyclic) bond motifs is 2. The number of hydrogen-bond donors (Lipinski definition) is 0. The fraction of sp³-hybridized carbons (Fsp3) is 0.500. The zero-order chi connectivity index (χ0) is 22.6. The van der Waals surface area contributed by atoms with Crippen LogP contribution in [0.15, 0.2) is 47.0 Å². The molecule has 0 bridgehead atoms. The van der Waals surface area contributed by atoms with Crippen molar-refractivity contribution in [1.82, 2.24) is 15.0 Å². The van der Waals surface area contributed by atoms with E-state index in [-0.39, 0.29) is 18.3 Å². The highest BCUT2D eigenvalue weighted by atomic mass is 35.5. The first kappa shape index (κ1) is 24.7. The van der Waals surface area contributed by atoms with E-state index >= 15 is 0 Å². The van der Waals surface area contributed by atoms with E-state index in [2.05, 4.69) is 52.5 Å². The van der Waals surface area contributed by atoms with E-state index in [1.807, 2.05) is 4.90 Å². The van der Waals surface area contributed by atoms with Gasteiger partial charge in [-0.2, -0.15) is 0 Å². The SMILES string of the molecule is CC(=O)N1CCC(CCCc2noc3cc4c(cc23)CN(Cc2ccccc2)CCC4)CC1.Cl. The molecule has 2 aliphatic heterocycles. The minimum Gasteiger partial charge on any atom is -0.356 e. The minimum atomic E-state index is 0. The molecule has 3 aromatic rings. The average molecular weight is 482 g/mol. The summed E-state index contributed by atoms with van der Waals surface area (Å²) in [7, 11) is 0. The van der Waals surface area contributed by atoms with Crippen molar-refractivity contribution in [2.24, 2.45) is 5.92 Å². The average Bonchev–Trinajstić information content (AvgIpc) is 3.10. The summed E-state index contributed by atoms with van der Waals surface area (Å²) in [6.07, 6.45) is 7.83. The van der Waals surface area contributed by atoms with Crippen LogP contribution in [0.25, 0.3) is 11.0 Å². The van der Waals surface area contributed by atoms with Crippen molar-refractivity contribution in [3.63, 3.8) is 0 Å². The zero-order valence-electron chi connectivity index (χ0n) is 20.2. The maximum absolute atomic E-state index is 11.5. The number of carbonyl (C=O) groups excluding carboxylic acids is 1. The molecule has 2 aromatic carbocycles. The Morgan fingerprint density at radius 3 is 2.65 bits per heavy atom. The lowest BCUT2D eigenvalue weighted by molar-refractivity contribution is -0.130. The second kappa shape index (κ2) is 11.4. The molecule has 1 aromatic heterocycles. The molecule has 0 atom stereocenters. The molecular weight excluding hydrogens is 446 g/mol. The number of carbonyl (C=O) groups is 1. The zero-order valence-corrected chi connectivity index (χ0v) is 21.0. The summed E-state index contributed by atoms with van der Waals surface area (Å²) in [6.45, 7) is 6.61. The van der Waals surface area contributed by atoms with Crippen LogP contribution in [-0.4, -0.2) is 40.5 Å². The van der Waals surface area contributed by atoms with Crippen LogP contribution in [0.1, 0.15) is 61.4 Å². The van der Waals surface area contributed by atoms with Crippen LogP contribution in [0.4, 0.5) is 0 Å². The van der Waals surface area contributed by atoms with Gasteiger partial charge in [0.25, 0.3) is 0 Å². The number of hydrogen-bond acceptors (Lipinski definition) is 4. The third kappa shape index (κ3) is 5.81. The summed E-state index contributed by atoms with van der Waals surface area (Å²) in [5, 5.41) is 5.65. The Kier molecular flexibility index (Phi) is 8.28. The number of nitrogens with zero attached hydrogens (tertiary/aromatic N) is 3. The number of rotatable bonds is 6. The lowest BCUT2D eigenvalue weighted by atomic mass is 9.91. The van der Waals surface area contributed by atoms with Crippen LogP contribution in [-0.2, 0) is 30.7 Å². The fourth-order valence-electron chi connectivity index (χ4n) is 5.57. The van der Waals surface area contributed by atoms with Gasteiger partial charge in [0.1, 0.15) is 0 Å². The van der Waals surface area contributed by atoms with Gasteiger partial charge in [-0.15, -0.1) is 12.4 Å². The predicted molar refractivity (Wildman–Crippen MR) is 138 cm³/mol. The van der Waals surface area contributed by atoms with E-state index in [0.717, 1.165) is 82.0 Å². The molecule has 0 N–H and O–H groups in total. The maximum atomic E-state index is 11.5. The number of benzene rings is 2. The molecule has 0 aliphatic carbocycles. The van der Waals surface area contributed by atoms with Crippen LogP contribution in [0, 0.1) is 5.92 Å². The van der Waals surface area contributed by atoms with Gasteiger partial charge in [0, 0.05) is 38.5 Å². The molecule has 182 valence electrons. The molecule has 6 heteroatoms. The third-order valence-electron chi connectivity index (χ3n) is 7.52. The molecule has 0 unspecified atom stereocenters. The number of piperidine rings is 1. The molecule has 34 heavy (non-hydrogen) atoms. The van der Waals surface area contributed by atoms with Gasteiger partial charge in [0.15, 0.2) is 5.58 Å². The van der Waals surface area contributed by atoms with Crippen molar-refractivity contribution in [1.29, 1.82) is 0 Å². The maximum Gasteiger partial charge on any atom is 0.219 e. The molecule has 5 rings (SSSR count). The monoisotopic (exact) mass is 481 g/mol. The second-order valence-corrected chi connectivity index (χ2v) is 9.89. The van der Waals surface area contributed by atoms with Crippen molar-refractivity contribution in [2.75, 3.05) is 19.6 Å². The van der Waals surface area contributed by atoms with E-state index in [0.29, 0.717) is 0 Å². The fourth-order valence-corrected chi connectivity index (χ4v) is 5.57. The predicted octanol–water partition coefficient (Wildman–Crippen LogP) is 5.78. The molecule has 0 spiro atoms. The molecule has 1 fully saturated rings. The van der Waals surface area contributed by atoms with Crippen molar-refractivity contribution in [2.45, 2.75) is 65.0 Å². The molecular formula is C28H36ClN3O2. The topological polar surface area (TPSA) is 49.6 Å². The van der Waals surface area contributed by atoms with Crippen LogP contribution in [0.5, 0.6) is 0 Å². The Morgan fingerprint density at radius 1 is 1.09 bits per heavy atom. The van der Waals surface area contributed by atoms with Gasteiger partial charge < -0.3 is 9.42 Å². The van der Waals surface area contributed by atoms with Crippen LogP contribution in [0.3, 0.4) is 0 Å². The molecule has 1 saturated heterocycles. The number of likely N-dealkylation sites (tertiary alicyclic amines) is 1. The first-order valence-corrected chi connectivity index (χ1v) is 12.6. The summed E-state index contributed by atoms with van der Waals surface area (Å²) in [5.74, 6) is 0.936. The first-order valence-electron chi connectivity index (χ1n) is 12.6. The second-order valence-electron chi connectivity index (χ2n) is 9.89. The number of halogens is 1. The minimum absolute atomic E-state index is 0. The summed E-state index contributed by atoms with van der Waals surface area (Å²) in [5.41, 5.74) is 6.26. The highest BCUT2D eigenvalue weighted by molar-refractivity contribution is 5.85. The van der Waals surface area contributed by atoms with Gasteiger partial charge >= 0.3 is 0 Å². The number of aromatic nitrogens is 1. The molecule has 2 aliphatic rings. The van der Waals surface area contributed by atoms with Gasteiger partial charge in [0.2, 0.25) is 5.91 Å². The lowest BCUT2D eigenvalue weighted by Crippen LogP contribution is -2.36. The van der Waals surface area contributed by atoms with Gasteiger partial charge in [-0.05, 0) is 86.2 Å². The Hall–Kier alpha value is -2.37. The van der Waals surface area contributed by atoms with Crippen molar-refractivity contribution in [3.8, 4) is 0 Å². The Balaban J connectivity index is 0.00000274. The smallest absolute Gasteiger partial charge is 0.219 e. The molecule has 1 amide bonds. The van der Waals surface area contributed by atoms with Gasteiger partial charge in [-0.3, -0.25) is 9.69 Å². The van der Waals surface area contributed by atoms with Crippen molar-refractivity contribution >= 4 is 29.3 Å². The standard InChI is InChI=1S/C28H35N3O2.ClH/c1-21(32)31-15-12-22(13-16-31)9-5-11-27-26-17-25-20-30(19-23-7-3-2-4-8-23)14-6-10-24(25)18-28(26)33-29-27;/h2-4,7-8,17-18,22H,5-6,9-16,19-20H2,1H3;1H. The van der Waals surface area contributed by atoms with Crippen molar-refractivity contribution < 1.29 is 9.32 Å². The van der Waals surface area contributed by atoms with Crippen LogP contribution in [0.2, 0.25) is 0 Å². The van der Waals surface area contributed by atoms with Crippen molar-refractivity contribution in [3.05, 3.63) is 64.8 Å². The van der Waals surface area contributed by atoms with E-state index in [1.54, 1.807) is 6.92 Å². The highest BCUT2D eigenvalue weighted by Crippen LogP contribution is 2.29. The summed E-state index contributed by atoms with van der Waals surface area (Å²) in [6, 6.07) is 15.4. The van der Waals surface area contributed by atoms with E-state index in [1.165, 1.54) is 34.9 Å². The Labute approximate surface area is 208 Å². The third-order valence-corrected chi connectivity index (χ3v) is 7.52. The highest BCUT2D eigenvalue weighted by Gasteiger charge is 2.21. The Morgan fingerprint density at radius 2 is 1.88 bits per heavy atom. The van der Waals surface area contributed by atoms with Gasteiger partial charge in [-0.1, -0.05) is 35.5 Å². The summed E-state index contributed by atoms with van der Waals surface area (Å²) in [4.78, 5) is 16.1. The normalized spacial score (nSPS) is 17.3. The first-order chi connectivity index (χ1) is 16.2. The Bertz CT molecular complexity index is 1090. The van der Waals surface area contributed by atoms with Crippen LogP contribution >= 0.6 is 12.4 Å². The van der Waals surface area contributed by atoms with E-state index in [4.69, 9.17) is 4.52 Å². The largest absolute Gasteiger partial charge is 0.356 e. The summed E-state index contributed by atoms with van der Waals surface area (Å²) >= 11 is 0. The number of amides is 1. The van der Waals surface area contributed by atoms with Crippen LogP contribution < -0.4 is 0 Å². The van der Waals surface area contributed by atoms with E-state index < -0.39 is 0 Å². The van der Waals surface area contributed by atoms with E-state index in [9.17, 15) is 4.79 Å². The molecule has 0 radical (unpaired) electrons. The quantitative estimate of drug-likeness (QED) is 0.447. The number of aryl methyl sites for hydroxylation is 2. The summed E-state index contributed by atoms with van der Waals surface area (Å²) < 4.78 is 5.75. The van der Waals surface area contributed by atoms with Gasteiger partial charge in [-0.25, -0.2) is 0 Å². The molecule has 3 heterocycles. The lowest BCUT2D eigenvalue weighted by Gasteiger charge is -2.31. The molecule has 5 nitrogen and oxygen atoms in total.